The highest BCUT2D eigenvalue weighted by atomic mass is 35.5. The summed E-state index contributed by atoms with van der Waals surface area (Å²) in [4.78, 5) is 5.16. The van der Waals surface area contributed by atoms with E-state index in [-0.39, 0.29) is 0 Å². The van der Waals surface area contributed by atoms with Crippen molar-refractivity contribution in [1.29, 1.82) is 0 Å². The fraction of sp³-hybridized carbons (Fsp3) is 0.500. The first kappa shape index (κ1) is 7.95. The van der Waals surface area contributed by atoms with Crippen molar-refractivity contribution in [3.05, 3.63) is 17.4 Å². The first-order valence-corrected chi connectivity index (χ1v) is 4.48. The highest BCUT2D eigenvalue weighted by Crippen LogP contribution is 2.26. The largest absolute Gasteiger partial charge is 0.367 e. The molecule has 2 rings (SSSR count). The molecule has 1 atom stereocenters. The van der Waals surface area contributed by atoms with E-state index in [9.17, 15) is 0 Å². The zero-order chi connectivity index (χ0) is 8.55. The molecule has 0 aromatic carbocycles. The molecule has 1 aliphatic heterocycles. The maximum atomic E-state index is 5.93. The Balaban J connectivity index is 2.16. The van der Waals surface area contributed by atoms with Gasteiger partial charge >= 0.3 is 0 Å². The van der Waals surface area contributed by atoms with Crippen LogP contribution in [0.5, 0.6) is 0 Å². The molecule has 0 saturated carbocycles. The summed E-state index contributed by atoms with van der Waals surface area (Å²) in [7, 11) is 0. The molecule has 0 unspecified atom stereocenters. The number of halogens is 1. The molecule has 1 aromatic rings. The Morgan fingerprint density at radius 2 is 2.50 bits per heavy atom. The minimum atomic E-state index is 0.302. The molecule has 1 aromatic heterocycles. The van der Waals surface area contributed by atoms with Crippen molar-refractivity contribution >= 4 is 17.3 Å². The molecule has 2 heterocycles. The standard InChI is InChI=1S/C8H12ClN3/c9-8-7(1-3-11-8)12-4-2-6(10)5-12/h1,3,6,11H,2,4-5,10H2/t6-/m1/s1. The first-order valence-electron chi connectivity index (χ1n) is 4.11. The van der Waals surface area contributed by atoms with E-state index in [1.165, 1.54) is 0 Å². The Bertz CT molecular complexity index is 271. The highest BCUT2D eigenvalue weighted by Gasteiger charge is 2.21. The molecule has 3 N–H and O–H groups in total. The van der Waals surface area contributed by atoms with Gasteiger partial charge in [0.1, 0.15) is 5.15 Å². The van der Waals surface area contributed by atoms with Gasteiger partial charge in [0.2, 0.25) is 0 Å². The van der Waals surface area contributed by atoms with Crippen molar-refractivity contribution in [3.63, 3.8) is 0 Å². The summed E-state index contributed by atoms with van der Waals surface area (Å²) in [6.45, 7) is 1.93. The van der Waals surface area contributed by atoms with Crippen LogP contribution in [-0.4, -0.2) is 24.1 Å². The van der Waals surface area contributed by atoms with E-state index >= 15 is 0 Å². The van der Waals surface area contributed by atoms with Crippen LogP contribution in [0, 0.1) is 0 Å². The maximum absolute atomic E-state index is 5.93. The van der Waals surface area contributed by atoms with Gasteiger partial charge in [-0.05, 0) is 12.5 Å². The van der Waals surface area contributed by atoms with Crippen molar-refractivity contribution in [2.75, 3.05) is 18.0 Å². The van der Waals surface area contributed by atoms with E-state index in [4.69, 9.17) is 17.3 Å². The van der Waals surface area contributed by atoms with E-state index in [1.807, 2.05) is 12.3 Å². The van der Waals surface area contributed by atoms with Crippen LogP contribution in [0.2, 0.25) is 5.15 Å². The molecule has 0 amide bonds. The summed E-state index contributed by atoms with van der Waals surface area (Å²) in [6.07, 6.45) is 2.91. The van der Waals surface area contributed by atoms with Crippen LogP contribution >= 0.6 is 11.6 Å². The Kier molecular flexibility index (Phi) is 1.98. The maximum Gasteiger partial charge on any atom is 0.129 e. The number of nitrogens with one attached hydrogen (secondary N) is 1. The van der Waals surface area contributed by atoms with Crippen LogP contribution in [0.15, 0.2) is 12.3 Å². The molecule has 66 valence electrons. The number of aromatic nitrogens is 1. The smallest absolute Gasteiger partial charge is 0.129 e. The van der Waals surface area contributed by atoms with E-state index in [0.29, 0.717) is 11.2 Å². The van der Waals surface area contributed by atoms with Gasteiger partial charge < -0.3 is 15.6 Å². The van der Waals surface area contributed by atoms with Gasteiger partial charge in [-0.25, -0.2) is 0 Å². The highest BCUT2D eigenvalue weighted by molar-refractivity contribution is 6.32. The van der Waals surface area contributed by atoms with Crippen LogP contribution in [0.4, 0.5) is 5.69 Å². The molecule has 12 heavy (non-hydrogen) atoms. The normalized spacial score (nSPS) is 23.5. The molecule has 3 nitrogen and oxygen atoms in total. The predicted octanol–water partition coefficient (Wildman–Crippen LogP) is 1.21. The predicted molar refractivity (Wildman–Crippen MR) is 50.6 cm³/mol. The fourth-order valence-electron chi connectivity index (χ4n) is 1.59. The lowest BCUT2D eigenvalue weighted by molar-refractivity contribution is 0.752. The quantitative estimate of drug-likeness (QED) is 0.691. The van der Waals surface area contributed by atoms with Gasteiger partial charge in [0.15, 0.2) is 0 Å². The van der Waals surface area contributed by atoms with Gasteiger partial charge in [0.25, 0.3) is 0 Å². The number of anilines is 1. The van der Waals surface area contributed by atoms with Crippen molar-refractivity contribution in [1.82, 2.24) is 4.98 Å². The van der Waals surface area contributed by atoms with Crippen molar-refractivity contribution in [2.45, 2.75) is 12.5 Å². The second-order valence-electron chi connectivity index (χ2n) is 3.17. The number of nitrogens with two attached hydrogens (primary N) is 1. The van der Waals surface area contributed by atoms with Gasteiger partial charge in [-0.1, -0.05) is 11.6 Å². The lowest BCUT2D eigenvalue weighted by Gasteiger charge is -2.16. The number of hydrogen-bond donors (Lipinski definition) is 2. The third kappa shape index (κ3) is 1.30. The zero-order valence-electron chi connectivity index (χ0n) is 6.76. The molecular formula is C8H12ClN3. The third-order valence-electron chi connectivity index (χ3n) is 2.24. The van der Waals surface area contributed by atoms with Crippen LogP contribution < -0.4 is 10.6 Å². The lowest BCUT2D eigenvalue weighted by Crippen LogP contribution is -2.26. The van der Waals surface area contributed by atoms with Crippen molar-refractivity contribution in [3.8, 4) is 0 Å². The van der Waals surface area contributed by atoms with Gasteiger partial charge in [0.05, 0.1) is 5.69 Å². The van der Waals surface area contributed by atoms with Gasteiger partial charge in [-0.15, -0.1) is 0 Å². The molecule has 4 heteroatoms. The lowest BCUT2D eigenvalue weighted by atomic mass is 10.3. The van der Waals surface area contributed by atoms with Crippen molar-refractivity contribution in [2.24, 2.45) is 5.73 Å². The molecular weight excluding hydrogens is 174 g/mol. The second kappa shape index (κ2) is 2.99. The number of hydrogen-bond acceptors (Lipinski definition) is 2. The molecule has 0 spiro atoms. The summed E-state index contributed by atoms with van der Waals surface area (Å²) < 4.78 is 0. The fourth-order valence-corrected chi connectivity index (χ4v) is 1.84. The van der Waals surface area contributed by atoms with Crippen LogP contribution in [0.3, 0.4) is 0 Å². The topological polar surface area (TPSA) is 45.0 Å². The number of aromatic amines is 1. The van der Waals surface area contributed by atoms with Gasteiger partial charge in [0, 0.05) is 25.3 Å². The van der Waals surface area contributed by atoms with Crippen LogP contribution in [0.1, 0.15) is 6.42 Å². The Morgan fingerprint density at radius 3 is 3.00 bits per heavy atom. The summed E-state index contributed by atoms with van der Waals surface area (Å²) in [5.41, 5.74) is 6.86. The summed E-state index contributed by atoms with van der Waals surface area (Å²) in [5.74, 6) is 0. The van der Waals surface area contributed by atoms with E-state index in [2.05, 4.69) is 9.88 Å². The molecule has 0 aliphatic carbocycles. The first-order chi connectivity index (χ1) is 5.77. The van der Waals surface area contributed by atoms with Gasteiger partial charge in [-0.2, -0.15) is 0 Å². The molecule has 0 bridgehead atoms. The molecule has 0 radical (unpaired) electrons. The Morgan fingerprint density at radius 1 is 1.67 bits per heavy atom. The van der Waals surface area contributed by atoms with Crippen LogP contribution in [-0.2, 0) is 0 Å². The Labute approximate surface area is 76.5 Å². The number of rotatable bonds is 1. The second-order valence-corrected chi connectivity index (χ2v) is 3.55. The third-order valence-corrected chi connectivity index (χ3v) is 2.54. The average Bonchev–Trinajstić information content (AvgIpc) is 2.58. The van der Waals surface area contributed by atoms with Gasteiger partial charge in [-0.3, -0.25) is 0 Å². The van der Waals surface area contributed by atoms with Crippen molar-refractivity contribution < 1.29 is 0 Å². The van der Waals surface area contributed by atoms with Crippen LogP contribution in [0.25, 0.3) is 0 Å². The molecule has 1 fully saturated rings. The molecule has 1 saturated heterocycles. The average molecular weight is 186 g/mol. The molecule has 1 aliphatic rings. The monoisotopic (exact) mass is 185 g/mol. The minimum Gasteiger partial charge on any atom is -0.367 e. The zero-order valence-corrected chi connectivity index (χ0v) is 7.51. The van der Waals surface area contributed by atoms with E-state index < -0.39 is 0 Å². The minimum absolute atomic E-state index is 0.302. The summed E-state index contributed by atoms with van der Waals surface area (Å²) >= 11 is 5.93. The number of nitrogens with zero attached hydrogens (tertiary/aromatic N) is 1. The summed E-state index contributed by atoms with van der Waals surface area (Å²) in [6, 6.07) is 2.29. The summed E-state index contributed by atoms with van der Waals surface area (Å²) in [5, 5.41) is 0.712. The SMILES string of the molecule is N[C@@H]1CCN(c2cc[nH]c2Cl)C1. The Hall–Kier alpha value is -0.670. The van der Waals surface area contributed by atoms with E-state index in [0.717, 1.165) is 25.2 Å². The number of H-pyrrole nitrogens is 1. The van der Waals surface area contributed by atoms with E-state index in [1.54, 1.807) is 0 Å².